The van der Waals surface area contributed by atoms with Gasteiger partial charge in [-0.25, -0.2) is 4.79 Å². The fourth-order valence-corrected chi connectivity index (χ4v) is 2.67. The Kier molecular flexibility index (Phi) is 4.87. The molecule has 0 radical (unpaired) electrons. The van der Waals surface area contributed by atoms with Gasteiger partial charge in [0.05, 0.1) is 5.25 Å². The van der Waals surface area contributed by atoms with Crippen LogP contribution >= 0.6 is 11.8 Å². The van der Waals surface area contributed by atoms with Gasteiger partial charge in [0.25, 0.3) is 0 Å². The molecule has 1 aromatic heterocycles. The van der Waals surface area contributed by atoms with Crippen molar-refractivity contribution in [3.05, 3.63) is 5.82 Å². The molecule has 1 saturated carbocycles. The van der Waals surface area contributed by atoms with Gasteiger partial charge >= 0.3 is 6.03 Å². The first-order valence-electron chi connectivity index (χ1n) is 7.05. The summed E-state index contributed by atoms with van der Waals surface area (Å²) >= 11 is 1.30. The molecule has 1 aromatic rings. The Bertz CT molecular complexity index is 539. The standard InChI is InChI=1S/C13H21N5O2S/c1-7(2)14-12(20)15-11(19)8(3)21-13-17-16-10(18(13)4)9-5-6-9/h7-9H,5-6H2,1-4H3,(H2,14,15,19,20)/t8-/m1/s1. The van der Waals surface area contributed by atoms with E-state index < -0.39 is 11.3 Å². The van der Waals surface area contributed by atoms with Crippen LogP contribution in [0.5, 0.6) is 0 Å². The summed E-state index contributed by atoms with van der Waals surface area (Å²) in [5, 5.41) is 13.5. The first kappa shape index (κ1) is 15.8. The topological polar surface area (TPSA) is 88.9 Å². The lowest BCUT2D eigenvalue weighted by molar-refractivity contribution is -0.119. The van der Waals surface area contributed by atoms with Gasteiger partial charge in [-0.3, -0.25) is 10.1 Å². The number of urea groups is 1. The molecular formula is C13H21N5O2S. The zero-order valence-corrected chi connectivity index (χ0v) is 13.5. The Hall–Kier alpha value is -1.57. The smallest absolute Gasteiger partial charge is 0.321 e. The van der Waals surface area contributed by atoms with E-state index in [0.29, 0.717) is 11.1 Å². The molecule has 0 aliphatic heterocycles. The number of nitrogens with zero attached hydrogens (tertiary/aromatic N) is 3. The predicted molar refractivity (Wildman–Crippen MR) is 80.1 cm³/mol. The van der Waals surface area contributed by atoms with Gasteiger partial charge in [0.1, 0.15) is 5.82 Å². The molecule has 8 heteroatoms. The molecule has 1 fully saturated rings. The number of hydrogen-bond acceptors (Lipinski definition) is 5. The van der Waals surface area contributed by atoms with Crippen LogP contribution in [0.3, 0.4) is 0 Å². The molecule has 1 aliphatic carbocycles. The lowest BCUT2D eigenvalue weighted by Gasteiger charge is -2.12. The van der Waals surface area contributed by atoms with Crippen LogP contribution in [0, 0.1) is 0 Å². The van der Waals surface area contributed by atoms with E-state index in [-0.39, 0.29) is 11.9 Å². The van der Waals surface area contributed by atoms with E-state index in [4.69, 9.17) is 0 Å². The number of thioether (sulfide) groups is 1. The highest BCUT2D eigenvalue weighted by Gasteiger charge is 2.30. The van der Waals surface area contributed by atoms with Crippen LogP contribution in [-0.2, 0) is 11.8 Å². The molecule has 1 aliphatic rings. The second kappa shape index (κ2) is 6.46. The van der Waals surface area contributed by atoms with Gasteiger partial charge < -0.3 is 9.88 Å². The van der Waals surface area contributed by atoms with Crippen LogP contribution in [0.1, 0.15) is 45.4 Å². The van der Waals surface area contributed by atoms with Crippen LogP contribution in [0.15, 0.2) is 5.16 Å². The van der Waals surface area contributed by atoms with Crippen molar-refractivity contribution in [3.8, 4) is 0 Å². The Morgan fingerprint density at radius 3 is 2.52 bits per heavy atom. The van der Waals surface area contributed by atoms with E-state index in [9.17, 15) is 9.59 Å². The van der Waals surface area contributed by atoms with E-state index >= 15 is 0 Å². The summed E-state index contributed by atoms with van der Waals surface area (Å²) in [7, 11) is 1.91. The molecule has 1 atom stereocenters. The minimum Gasteiger partial charge on any atom is -0.336 e. The third-order valence-corrected chi connectivity index (χ3v) is 4.25. The molecule has 0 saturated heterocycles. The molecule has 0 unspecified atom stereocenters. The number of nitrogens with one attached hydrogen (secondary N) is 2. The lowest BCUT2D eigenvalue weighted by atomic mass is 10.4. The molecule has 0 aromatic carbocycles. The maximum atomic E-state index is 12.0. The largest absolute Gasteiger partial charge is 0.336 e. The summed E-state index contributed by atoms with van der Waals surface area (Å²) in [5.74, 6) is 1.15. The monoisotopic (exact) mass is 311 g/mol. The van der Waals surface area contributed by atoms with Crippen molar-refractivity contribution < 1.29 is 9.59 Å². The summed E-state index contributed by atoms with van der Waals surface area (Å²) < 4.78 is 1.93. The van der Waals surface area contributed by atoms with Gasteiger partial charge in [0.2, 0.25) is 5.91 Å². The molecule has 7 nitrogen and oxygen atoms in total. The molecule has 116 valence electrons. The predicted octanol–water partition coefficient (Wildman–Crippen LogP) is 1.41. The Labute approximate surface area is 128 Å². The van der Waals surface area contributed by atoms with Gasteiger partial charge in [-0.2, -0.15) is 0 Å². The number of carbonyl (C=O) groups is 2. The summed E-state index contributed by atoms with van der Waals surface area (Å²) in [5.41, 5.74) is 0. The maximum Gasteiger partial charge on any atom is 0.321 e. The van der Waals surface area contributed by atoms with Gasteiger partial charge in [-0.1, -0.05) is 11.8 Å². The molecule has 1 heterocycles. The number of hydrogen-bond donors (Lipinski definition) is 2. The molecule has 0 spiro atoms. The van der Waals surface area contributed by atoms with Crippen molar-refractivity contribution in [2.24, 2.45) is 7.05 Å². The third kappa shape index (κ3) is 4.20. The van der Waals surface area contributed by atoms with E-state index in [0.717, 1.165) is 18.7 Å². The summed E-state index contributed by atoms with van der Waals surface area (Å²) in [4.78, 5) is 23.5. The van der Waals surface area contributed by atoms with Crippen LogP contribution in [0.4, 0.5) is 4.79 Å². The first-order chi connectivity index (χ1) is 9.88. The van der Waals surface area contributed by atoms with Crippen molar-refractivity contribution >= 4 is 23.7 Å². The van der Waals surface area contributed by atoms with Crippen molar-refractivity contribution in [1.82, 2.24) is 25.4 Å². The zero-order chi connectivity index (χ0) is 15.6. The van der Waals surface area contributed by atoms with Crippen molar-refractivity contribution in [2.75, 3.05) is 0 Å². The fourth-order valence-electron chi connectivity index (χ4n) is 1.85. The third-order valence-electron chi connectivity index (χ3n) is 3.12. The minimum absolute atomic E-state index is 0.0133. The number of imide groups is 1. The Balaban J connectivity index is 1.90. The van der Waals surface area contributed by atoms with E-state index in [2.05, 4.69) is 20.8 Å². The van der Waals surface area contributed by atoms with Crippen LogP contribution in [0.25, 0.3) is 0 Å². The number of carbonyl (C=O) groups excluding carboxylic acids is 2. The Morgan fingerprint density at radius 1 is 1.29 bits per heavy atom. The zero-order valence-electron chi connectivity index (χ0n) is 12.7. The average Bonchev–Trinajstić information content (AvgIpc) is 3.15. The van der Waals surface area contributed by atoms with Gasteiger partial charge in [-0.05, 0) is 33.6 Å². The van der Waals surface area contributed by atoms with Crippen molar-refractivity contribution in [1.29, 1.82) is 0 Å². The Morgan fingerprint density at radius 2 is 1.95 bits per heavy atom. The molecule has 2 N–H and O–H groups in total. The molecule has 21 heavy (non-hydrogen) atoms. The molecule has 0 bridgehead atoms. The molecular weight excluding hydrogens is 290 g/mol. The highest BCUT2D eigenvalue weighted by atomic mass is 32.2. The highest BCUT2D eigenvalue weighted by molar-refractivity contribution is 8.00. The lowest BCUT2D eigenvalue weighted by Crippen LogP contribution is -2.45. The molecule has 2 rings (SSSR count). The van der Waals surface area contributed by atoms with E-state index in [1.807, 2.05) is 25.5 Å². The fraction of sp³-hybridized carbons (Fsp3) is 0.692. The normalized spacial score (nSPS) is 15.9. The minimum atomic E-state index is -0.473. The molecule has 3 amide bonds. The quantitative estimate of drug-likeness (QED) is 0.803. The van der Waals surface area contributed by atoms with Crippen molar-refractivity contribution in [2.45, 2.75) is 56.0 Å². The van der Waals surface area contributed by atoms with Gasteiger partial charge in [0, 0.05) is 19.0 Å². The summed E-state index contributed by atoms with van der Waals surface area (Å²) in [6, 6.07) is -0.486. The SMILES string of the molecule is CC(C)NC(=O)NC(=O)[C@@H](C)Sc1nnc(C2CC2)n1C. The number of rotatable bonds is 5. The summed E-state index contributed by atoms with van der Waals surface area (Å²) in [6.45, 7) is 5.41. The average molecular weight is 311 g/mol. The van der Waals surface area contributed by atoms with Crippen LogP contribution < -0.4 is 10.6 Å². The van der Waals surface area contributed by atoms with Crippen molar-refractivity contribution in [3.63, 3.8) is 0 Å². The number of amides is 3. The number of aromatic nitrogens is 3. The maximum absolute atomic E-state index is 12.0. The summed E-state index contributed by atoms with van der Waals surface area (Å²) in [6.07, 6.45) is 2.31. The van der Waals surface area contributed by atoms with Gasteiger partial charge in [0.15, 0.2) is 5.16 Å². The van der Waals surface area contributed by atoms with E-state index in [1.165, 1.54) is 11.8 Å². The second-order valence-corrected chi connectivity index (χ2v) is 6.86. The van der Waals surface area contributed by atoms with Gasteiger partial charge in [-0.15, -0.1) is 10.2 Å². The van der Waals surface area contributed by atoms with E-state index in [1.54, 1.807) is 6.92 Å². The van der Waals surface area contributed by atoms with Crippen LogP contribution in [0.2, 0.25) is 0 Å². The van der Waals surface area contributed by atoms with Crippen LogP contribution in [-0.4, -0.2) is 38.0 Å². The second-order valence-electron chi connectivity index (χ2n) is 5.55. The first-order valence-corrected chi connectivity index (χ1v) is 7.93. The highest BCUT2D eigenvalue weighted by Crippen LogP contribution is 2.39.